The molecule has 0 fully saturated rings. The lowest BCUT2D eigenvalue weighted by atomic mass is 10.1. The van der Waals surface area contributed by atoms with Crippen molar-refractivity contribution in [1.82, 2.24) is 9.78 Å². The van der Waals surface area contributed by atoms with Gasteiger partial charge in [0.25, 0.3) is 0 Å². The highest BCUT2D eigenvalue weighted by Crippen LogP contribution is 2.17. The van der Waals surface area contributed by atoms with Gasteiger partial charge >= 0.3 is 5.97 Å². The fraction of sp³-hybridized carbons (Fsp3) is 0.154. The highest BCUT2D eigenvalue weighted by molar-refractivity contribution is 5.88. The summed E-state index contributed by atoms with van der Waals surface area (Å²) in [6.07, 6.45) is 1.42. The SMILES string of the molecule is Cc1ccc(-n2cc(C(=O)O)c(C)n2)c(C#N)c1. The lowest BCUT2D eigenvalue weighted by Gasteiger charge is -2.04. The zero-order valence-corrected chi connectivity index (χ0v) is 10.0. The summed E-state index contributed by atoms with van der Waals surface area (Å²) in [6.45, 7) is 3.52. The molecule has 90 valence electrons. The Morgan fingerprint density at radius 3 is 2.72 bits per heavy atom. The number of rotatable bonds is 2. The number of carbonyl (C=O) groups is 1. The van der Waals surface area contributed by atoms with Crippen LogP contribution in [0.5, 0.6) is 0 Å². The minimum atomic E-state index is -1.02. The Bertz CT molecular complexity index is 665. The van der Waals surface area contributed by atoms with Crippen LogP contribution in [0, 0.1) is 25.2 Å². The van der Waals surface area contributed by atoms with Crippen molar-refractivity contribution in [2.24, 2.45) is 0 Å². The second-order valence-corrected chi connectivity index (χ2v) is 4.01. The lowest BCUT2D eigenvalue weighted by Crippen LogP contribution is -1.99. The highest BCUT2D eigenvalue weighted by atomic mass is 16.4. The van der Waals surface area contributed by atoms with Crippen LogP contribution < -0.4 is 0 Å². The van der Waals surface area contributed by atoms with Gasteiger partial charge in [0.1, 0.15) is 11.6 Å². The van der Waals surface area contributed by atoms with Gasteiger partial charge in [-0.1, -0.05) is 6.07 Å². The minimum Gasteiger partial charge on any atom is -0.478 e. The molecular formula is C13H11N3O2. The first-order chi connectivity index (χ1) is 8.52. The molecule has 0 saturated heterocycles. The van der Waals surface area contributed by atoms with E-state index in [9.17, 15) is 4.79 Å². The number of hydrogen-bond acceptors (Lipinski definition) is 3. The number of aryl methyl sites for hydroxylation is 2. The van der Waals surface area contributed by atoms with E-state index in [-0.39, 0.29) is 5.56 Å². The van der Waals surface area contributed by atoms with Crippen LogP contribution in [0.3, 0.4) is 0 Å². The monoisotopic (exact) mass is 241 g/mol. The second kappa shape index (κ2) is 4.34. The molecule has 5 heteroatoms. The Morgan fingerprint density at radius 1 is 1.44 bits per heavy atom. The van der Waals surface area contributed by atoms with Crippen LogP contribution in [0.2, 0.25) is 0 Å². The van der Waals surface area contributed by atoms with Gasteiger partial charge in [0.05, 0.1) is 16.9 Å². The van der Waals surface area contributed by atoms with E-state index in [2.05, 4.69) is 11.2 Å². The van der Waals surface area contributed by atoms with Crippen molar-refractivity contribution >= 4 is 5.97 Å². The summed E-state index contributed by atoms with van der Waals surface area (Å²) in [4.78, 5) is 11.0. The third kappa shape index (κ3) is 1.96. The molecule has 0 aliphatic rings. The van der Waals surface area contributed by atoms with E-state index >= 15 is 0 Å². The number of benzene rings is 1. The number of carboxylic acid groups (broad SMARTS) is 1. The first-order valence-electron chi connectivity index (χ1n) is 5.33. The molecule has 1 heterocycles. The number of carboxylic acids is 1. The van der Waals surface area contributed by atoms with E-state index in [0.29, 0.717) is 16.9 Å². The van der Waals surface area contributed by atoms with Crippen LogP contribution in [-0.2, 0) is 0 Å². The molecule has 2 aromatic rings. The molecule has 0 bridgehead atoms. The van der Waals surface area contributed by atoms with Gasteiger partial charge in [-0.25, -0.2) is 9.48 Å². The van der Waals surface area contributed by atoms with Crippen molar-refractivity contribution in [3.8, 4) is 11.8 Å². The first-order valence-corrected chi connectivity index (χ1v) is 5.33. The van der Waals surface area contributed by atoms with Gasteiger partial charge in [-0.3, -0.25) is 0 Å². The fourth-order valence-corrected chi connectivity index (χ4v) is 1.73. The van der Waals surface area contributed by atoms with E-state index in [4.69, 9.17) is 10.4 Å². The number of aromatic carboxylic acids is 1. The van der Waals surface area contributed by atoms with Crippen LogP contribution in [-0.4, -0.2) is 20.9 Å². The normalized spacial score (nSPS) is 10.1. The molecule has 18 heavy (non-hydrogen) atoms. The molecule has 0 atom stereocenters. The van der Waals surface area contributed by atoms with Gasteiger partial charge in [-0.2, -0.15) is 10.4 Å². The Hall–Kier alpha value is -2.61. The number of nitrogens with zero attached hydrogens (tertiary/aromatic N) is 3. The molecule has 0 radical (unpaired) electrons. The third-order valence-electron chi connectivity index (χ3n) is 2.65. The van der Waals surface area contributed by atoms with Crippen molar-refractivity contribution in [3.05, 3.63) is 46.8 Å². The number of nitriles is 1. The van der Waals surface area contributed by atoms with Crippen LogP contribution in [0.25, 0.3) is 5.69 Å². The fourth-order valence-electron chi connectivity index (χ4n) is 1.73. The molecule has 2 rings (SSSR count). The maximum absolute atomic E-state index is 11.0. The van der Waals surface area contributed by atoms with E-state index in [0.717, 1.165) is 5.56 Å². The summed E-state index contributed by atoms with van der Waals surface area (Å²) in [5, 5.41) is 22.2. The number of hydrogen-bond donors (Lipinski definition) is 1. The third-order valence-corrected chi connectivity index (χ3v) is 2.65. The Kier molecular flexibility index (Phi) is 2.86. The van der Waals surface area contributed by atoms with Crippen molar-refractivity contribution in [3.63, 3.8) is 0 Å². The van der Waals surface area contributed by atoms with Crippen molar-refractivity contribution in [1.29, 1.82) is 5.26 Å². The molecule has 1 aromatic carbocycles. The Balaban J connectivity index is 2.60. The van der Waals surface area contributed by atoms with Gasteiger partial charge in [-0.05, 0) is 31.5 Å². The van der Waals surface area contributed by atoms with Crippen LogP contribution >= 0.6 is 0 Å². The van der Waals surface area contributed by atoms with Gasteiger partial charge in [0, 0.05) is 6.20 Å². The van der Waals surface area contributed by atoms with Gasteiger partial charge in [0.15, 0.2) is 0 Å². The molecule has 0 aliphatic heterocycles. The molecule has 0 unspecified atom stereocenters. The summed E-state index contributed by atoms with van der Waals surface area (Å²) >= 11 is 0. The summed E-state index contributed by atoms with van der Waals surface area (Å²) < 4.78 is 1.43. The van der Waals surface area contributed by atoms with E-state index in [1.807, 2.05) is 13.0 Å². The summed E-state index contributed by atoms with van der Waals surface area (Å²) in [5.74, 6) is -1.02. The zero-order chi connectivity index (χ0) is 13.3. The zero-order valence-electron chi connectivity index (χ0n) is 10.0. The number of aromatic nitrogens is 2. The van der Waals surface area contributed by atoms with E-state index in [1.165, 1.54) is 10.9 Å². The Labute approximate surface area is 104 Å². The standard InChI is InChI=1S/C13H11N3O2/c1-8-3-4-12(10(5-8)6-14)16-7-11(13(17)18)9(2)15-16/h3-5,7H,1-2H3,(H,17,18). The molecule has 1 aromatic heterocycles. The average Bonchev–Trinajstić information content (AvgIpc) is 2.71. The molecule has 0 saturated carbocycles. The van der Waals surface area contributed by atoms with Crippen LogP contribution in [0.1, 0.15) is 27.2 Å². The smallest absolute Gasteiger partial charge is 0.339 e. The van der Waals surface area contributed by atoms with Gasteiger partial charge < -0.3 is 5.11 Å². The van der Waals surface area contributed by atoms with E-state index in [1.54, 1.807) is 19.1 Å². The molecule has 5 nitrogen and oxygen atoms in total. The largest absolute Gasteiger partial charge is 0.478 e. The maximum atomic E-state index is 11.0. The summed E-state index contributed by atoms with van der Waals surface area (Å²) in [7, 11) is 0. The van der Waals surface area contributed by atoms with E-state index < -0.39 is 5.97 Å². The second-order valence-electron chi connectivity index (χ2n) is 4.01. The molecule has 0 aliphatic carbocycles. The summed E-state index contributed by atoms with van der Waals surface area (Å²) in [5.41, 5.74) is 2.58. The van der Waals surface area contributed by atoms with Gasteiger partial charge in [-0.15, -0.1) is 0 Å². The van der Waals surface area contributed by atoms with Gasteiger partial charge in [0.2, 0.25) is 0 Å². The first kappa shape index (κ1) is 11.9. The van der Waals surface area contributed by atoms with Crippen LogP contribution in [0.15, 0.2) is 24.4 Å². The quantitative estimate of drug-likeness (QED) is 0.872. The molecule has 0 amide bonds. The average molecular weight is 241 g/mol. The van der Waals surface area contributed by atoms with Crippen molar-refractivity contribution < 1.29 is 9.90 Å². The topological polar surface area (TPSA) is 78.9 Å². The Morgan fingerprint density at radius 2 is 2.17 bits per heavy atom. The highest BCUT2D eigenvalue weighted by Gasteiger charge is 2.14. The maximum Gasteiger partial charge on any atom is 0.339 e. The van der Waals surface area contributed by atoms with Crippen LogP contribution in [0.4, 0.5) is 0 Å². The van der Waals surface area contributed by atoms with Crippen molar-refractivity contribution in [2.45, 2.75) is 13.8 Å². The predicted octanol–water partition coefficient (Wildman–Crippen LogP) is 2.06. The summed E-state index contributed by atoms with van der Waals surface area (Å²) in [6, 6.07) is 7.44. The van der Waals surface area contributed by atoms with Crippen molar-refractivity contribution in [2.75, 3.05) is 0 Å². The minimum absolute atomic E-state index is 0.138. The predicted molar refractivity (Wildman–Crippen MR) is 64.7 cm³/mol. The lowest BCUT2D eigenvalue weighted by molar-refractivity contribution is 0.0696. The molecule has 1 N–H and O–H groups in total. The molecular weight excluding hydrogens is 230 g/mol. The molecule has 0 spiro atoms.